The second kappa shape index (κ2) is 3.64. The third kappa shape index (κ3) is 2.05. The van der Waals surface area contributed by atoms with Crippen LogP contribution in [0, 0.1) is 0 Å². The lowest BCUT2D eigenvalue weighted by atomic mass is 10.2. The molecule has 1 nitrogen and oxygen atoms in total. The molecule has 0 aliphatic heterocycles. The highest BCUT2D eigenvalue weighted by Gasteiger charge is 1.90. The van der Waals surface area contributed by atoms with Gasteiger partial charge in [0.15, 0.2) is 0 Å². The normalized spacial score (nSPS) is 9.80. The molecule has 0 aliphatic carbocycles. The monoisotopic (exact) mass is 154 g/mol. The number of aliphatic hydroxyl groups excluding tert-OH is 1. The van der Waals surface area contributed by atoms with E-state index >= 15 is 0 Å². The topological polar surface area (TPSA) is 20.2 Å². The molecule has 1 N–H and O–H groups in total. The molecule has 10 heavy (non-hydrogen) atoms. The first-order valence-corrected chi connectivity index (χ1v) is 3.66. The van der Waals surface area contributed by atoms with Crippen LogP contribution in [-0.4, -0.2) is 11.7 Å². The minimum absolute atomic E-state index is 0.206. The van der Waals surface area contributed by atoms with Crippen LogP contribution in [0.15, 0.2) is 29.2 Å². The lowest BCUT2D eigenvalue weighted by Gasteiger charge is -1.97. The zero-order valence-electron chi connectivity index (χ0n) is 5.62. The van der Waals surface area contributed by atoms with Crippen LogP contribution < -0.4 is 0 Å². The van der Waals surface area contributed by atoms with Gasteiger partial charge in [-0.2, -0.15) is 0 Å². The Hall–Kier alpha value is -0.470. The van der Waals surface area contributed by atoms with Gasteiger partial charge < -0.3 is 5.11 Å². The van der Waals surface area contributed by atoms with Crippen molar-refractivity contribution in [1.82, 2.24) is 0 Å². The van der Waals surface area contributed by atoms with E-state index in [1.165, 1.54) is 0 Å². The molecule has 1 aromatic carbocycles. The van der Waals surface area contributed by atoms with Crippen molar-refractivity contribution in [2.24, 2.45) is 0 Å². The summed E-state index contributed by atoms with van der Waals surface area (Å²) in [4.78, 5) is 0.950. The van der Waals surface area contributed by atoms with E-state index in [1.807, 2.05) is 24.3 Å². The predicted molar refractivity (Wildman–Crippen MR) is 44.5 cm³/mol. The lowest BCUT2D eigenvalue weighted by molar-refractivity contribution is 0.299. The van der Waals surface area contributed by atoms with Crippen LogP contribution in [-0.2, 0) is 6.42 Å². The number of rotatable bonds is 2. The molecule has 0 amide bonds. The maximum Gasteiger partial charge on any atom is 0.0471 e. The van der Waals surface area contributed by atoms with Gasteiger partial charge in [0.1, 0.15) is 0 Å². The number of benzene rings is 1. The zero-order valence-corrected chi connectivity index (χ0v) is 6.51. The summed E-state index contributed by atoms with van der Waals surface area (Å²) in [6, 6.07) is 7.80. The van der Waals surface area contributed by atoms with E-state index in [1.54, 1.807) is 0 Å². The second-order valence-corrected chi connectivity index (χ2v) is 2.66. The highest BCUT2D eigenvalue weighted by atomic mass is 32.1. The average molecular weight is 154 g/mol. The van der Waals surface area contributed by atoms with E-state index in [2.05, 4.69) is 12.6 Å². The van der Waals surface area contributed by atoms with Gasteiger partial charge in [-0.15, -0.1) is 12.6 Å². The molecule has 0 unspecified atom stereocenters. The number of thiol groups is 1. The number of hydrogen-bond acceptors (Lipinski definition) is 2. The largest absolute Gasteiger partial charge is 0.396 e. The summed E-state index contributed by atoms with van der Waals surface area (Å²) in [7, 11) is 0. The summed E-state index contributed by atoms with van der Waals surface area (Å²) in [6.45, 7) is 0.206. The molecule has 0 saturated heterocycles. The molecule has 54 valence electrons. The first kappa shape index (κ1) is 7.63. The zero-order chi connectivity index (χ0) is 7.40. The molecule has 0 atom stereocenters. The van der Waals surface area contributed by atoms with Gasteiger partial charge in [0, 0.05) is 11.5 Å². The number of aliphatic hydroxyl groups is 1. The Morgan fingerprint density at radius 2 is 2.20 bits per heavy atom. The van der Waals surface area contributed by atoms with Crippen LogP contribution in [0.5, 0.6) is 0 Å². The fourth-order valence-electron chi connectivity index (χ4n) is 0.841. The van der Waals surface area contributed by atoms with Crippen molar-refractivity contribution in [3.8, 4) is 0 Å². The van der Waals surface area contributed by atoms with Crippen LogP contribution in [0.25, 0.3) is 0 Å². The Bertz CT molecular complexity index is 210. The van der Waals surface area contributed by atoms with Gasteiger partial charge >= 0.3 is 0 Å². The smallest absolute Gasteiger partial charge is 0.0471 e. The van der Waals surface area contributed by atoms with Crippen LogP contribution in [0.2, 0.25) is 0 Å². The van der Waals surface area contributed by atoms with Crippen LogP contribution in [0.1, 0.15) is 5.56 Å². The van der Waals surface area contributed by atoms with Gasteiger partial charge in [0.05, 0.1) is 0 Å². The molecule has 0 aliphatic rings. The van der Waals surface area contributed by atoms with Crippen molar-refractivity contribution in [3.05, 3.63) is 29.8 Å². The molecule has 0 fully saturated rings. The summed E-state index contributed by atoms with van der Waals surface area (Å²) in [5.74, 6) is 0. The van der Waals surface area contributed by atoms with Crippen molar-refractivity contribution < 1.29 is 5.11 Å². The SMILES string of the molecule is OCCc1cccc(S)c1. The third-order valence-electron chi connectivity index (χ3n) is 1.31. The van der Waals surface area contributed by atoms with Crippen molar-refractivity contribution in [3.63, 3.8) is 0 Å². The molecule has 0 saturated carbocycles. The summed E-state index contributed by atoms with van der Waals surface area (Å²) < 4.78 is 0. The molecule has 0 heterocycles. The Morgan fingerprint density at radius 1 is 1.40 bits per heavy atom. The van der Waals surface area contributed by atoms with Crippen LogP contribution in [0.4, 0.5) is 0 Å². The fourth-order valence-corrected chi connectivity index (χ4v) is 1.09. The summed E-state index contributed by atoms with van der Waals surface area (Å²) in [5.41, 5.74) is 1.13. The van der Waals surface area contributed by atoms with E-state index in [-0.39, 0.29) is 6.61 Å². The van der Waals surface area contributed by atoms with E-state index in [0.717, 1.165) is 10.5 Å². The molecule has 1 rings (SSSR count). The molecular weight excluding hydrogens is 144 g/mol. The van der Waals surface area contributed by atoms with Gasteiger partial charge in [-0.1, -0.05) is 12.1 Å². The van der Waals surface area contributed by atoms with Crippen LogP contribution >= 0.6 is 12.6 Å². The summed E-state index contributed by atoms with van der Waals surface area (Å²) >= 11 is 4.17. The lowest BCUT2D eigenvalue weighted by Crippen LogP contribution is -1.89. The maximum atomic E-state index is 8.59. The highest BCUT2D eigenvalue weighted by molar-refractivity contribution is 7.80. The molecule has 0 aromatic heterocycles. The first-order valence-electron chi connectivity index (χ1n) is 3.21. The van der Waals surface area contributed by atoms with Crippen LogP contribution in [0.3, 0.4) is 0 Å². The van der Waals surface area contributed by atoms with Gasteiger partial charge in [0.2, 0.25) is 0 Å². The first-order chi connectivity index (χ1) is 4.83. The molecule has 2 heteroatoms. The highest BCUT2D eigenvalue weighted by Crippen LogP contribution is 2.08. The van der Waals surface area contributed by atoms with Crippen molar-refractivity contribution in [2.75, 3.05) is 6.61 Å². The minimum atomic E-state index is 0.206. The molecule has 0 bridgehead atoms. The fraction of sp³-hybridized carbons (Fsp3) is 0.250. The van der Waals surface area contributed by atoms with Crippen molar-refractivity contribution in [1.29, 1.82) is 0 Å². The number of hydrogen-bond donors (Lipinski definition) is 2. The van der Waals surface area contributed by atoms with Gasteiger partial charge in [-0.25, -0.2) is 0 Å². The predicted octanol–water partition coefficient (Wildman–Crippen LogP) is 1.51. The molecule has 0 spiro atoms. The minimum Gasteiger partial charge on any atom is -0.396 e. The second-order valence-electron chi connectivity index (χ2n) is 2.14. The summed E-state index contributed by atoms with van der Waals surface area (Å²) in [5, 5.41) is 8.59. The van der Waals surface area contributed by atoms with E-state index < -0.39 is 0 Å². The molecule has 1 aromatic rings. The quantitative estimate of drug-likeness (QED) is 0.619. The maximum absolute atomic E-state index is 8.59. The van der Waals surface area contributed by atoms with Crippen molar-refractivity contribution >= 4 is 12.6 Å². The van der Waals surface area contributed by atoms with Crippen molar-refractivity contribution in [2.45, 2.75) is 11.3 Å². The Labute approximate surface area is 66.1 Å². The molecular formula is C8H10OS. The van der Waals surface area contributed by atoms with E-state index in [9.17, 15) is 0 Å². The van der Waals surface area contributed by atoms with Gasteiger partial charge in [-0.05, 0) is 24.1 Å². The Kier molecular flexibility index (Phi) is 2.78. The van der Waals surface area contributed by atoms with Gasteiger partial charge in [-0.3, -0.25) is 0 Å². The Morgan fingerprint density at radius 3 is 2.80 bits per heavy atom. The average Bonchev–Trinajstić information content (AvgIpc) is 1.88. The molecule has 0 radical (unpaired) electrons. The standard InChI is InChI=1S/C8H10OS/c9-5-4-7-2-1-3-8(10)6-7/h1-3,6,9-10H,4-5H2. The summed E-state index contributed by atoms with van der Waals surface area (Å²) in [6.07, 6.45) is 0.717. The third-order valence-corrected chi connectivity index (χ3v) is 1.59. The Balaban J connectivity index is 2.75. The van der Waals surface area contributed by atoms with E-state index in [0.29, 0.717) is 6.42 Å². The van der Waals surface area contributed by atoms with Gasteiger partial charge in [0.25, 0.3) is 0 Å². The van der Waals surface area contributed by atoms with E-state index in [4.69, 9.17) is 5.11 Å².